The molecule has 0 atom stereocenters. The Kier molecular flexibility index (Phi) is 6.74. The first kappa shape index (κ1) is 20.4. The standard InChI is InChI=1S/C20H23N3O3S2/c1-12(2)18(24)21-8-9-22-19(25)17-15(11-28-20-23-13(3)10-27-20)14-6-4-5-7-16(14)26-17/h4-7,10,12H,8-9,11H2,1-3H3,(H,21,24)(H,22,25). The number of rotatable bonds is 8. The van der Waals surface area contributed by atoms with Gasteiger partial charge in [-0.2, -0.15) is 0 Å². The van der Waals surface area contributed by atoms with E-state index in [1.807, 2.05) is 50.4 Å². The van der Waals surface area contributed by atoms with Crippen LogP contribution in [0, 0.1) is 12.8 Å². The molecule has 0 radical (unpaired) electrons. The summed E-state index contributed by atoms with van der Waals surface area (Å²) in [5.41, 5.74) is 2.54. The van der Waals surface area contributed by atoms with Crippen LogP contribution in [0.2, 0.25) is 0 Å². The van der Waals surface area contributed by atoms with Crippen LogP contribution in [0.15, 0.2) is 38.4 Å². The van der Waals surface area contributed by atoms with Crippen molar-refractivity contribution in [3.63, 3.8) is 0 Å². The van der Waals surface area contributed by atoms with E-state index in [9.17, 15) is 9.59 Å². The van der Waals surface area contributed by atoms with Gasteiger partial charge in [-0.15, -0.1) is 11.3 Å². The molecule has 0 spiro atoms. The van der Waals surface area contributed by atoms with Crippen molar-refractivity contribution in [1.82, 2.24) is 15.6 Å². The number of furan rings is 1. The number of thiazole rings is 1. The number of carbonyl (C=O) groups is 2. The van der Waals surface area contributed by atoms with Crippen LogP contribution in [-0.2, 0) is 10.5 Å². The van der Waals surface area contributed by atoms with E-state index >= 15 is 0 Å². The zero-order chi connectivity index (χ0) is 20.1. The summed E-state index contributed by atoms with van der Waals surface area (Å²) >= 11 is 3.18. The highest BCUT2D eigenvalue weighted by atomic mass is 32.2. The van der Waals surface area contributed by atoms with Gasteiger partial charge < -0.3 is 15.1 Å². The van der Waals surface area contributed by atoms with Gasteiger partial charge in [-0.05, 0) is 13.0 Å². The SMILES string of the molecule is Cc1csc(SCc2c(C(=O)NCCNC(=O)C(C)C)oc3ccccc23)n1. The van der Waals surface area contributed by atoms with Gasteiger partial charge in [0.2, 0.25) is 5.91 Å². The summed E-state index contributed by atoms with van der Waals surface area (Å²) in [5, 5.41) is 8.55. The first-order chi connectivity index (χ1) is 13.5. The van der Waals surface area contributed by atoms with E-state index in [4.69, 9.17) is 4.42 Å². The summed E-state index contributed by atoms with van der Waals surface area (Å²) in [4.78, 5) is 28.8. The van der Waals surface area contributed by atoms with Crippen molar-refractivity contribution in [3.8, 4) is 0 Å². The zero-order valence-electron chi connectivity index (χ0n) is 16.1. The van der Waals surface area contributed by atoms with Gasteiger partial charge in [0.15, 0.2) is 5.76 Å². The van der Waals surface area contributed by atoms with Crippen molar-refractivity contribution in [2.45, 2.75) is 30.9 Å². The van der Waals surface area contributed by atoms with Gasteiger partial charge in [0.25, 0.3) is 5.91 Å². The number of para-hydroxylation sites is 1. The Bertz CT molecular complexity index is 978. The predicted molar refractivity (Wildman–Crippen MR) is 113 cm³/mol. The van der Waals surface area contributed by atoms with Crippen molar-refractivity contribution >= 4 is 45.9 Å². The molecule has 6 nitrogen and oxygen atoms in total. The molecule has 3 rings (SSSR count). The number of aromatic nitrogens is 1. The minimum absolute atomic E-state index is 0.0335. The second-order valence-electron chi connectivity index (χ2n) is 6.65. The van der Waals surface area contributed by atoms with Crippen LogP contribution in [0.4, 0.5) is 0 Å². The van der Waals surface area contributed by atoms with Crippen molar-refractivity contribution in [1.29, 1.82) is 0 Å². The van der Waals surface area contributed by atoms with Crippen LogP contribution in [0.5, 0.6) is 0 Å². The van der Waals surface area contributed by atoms with Crippen LogP contribution in [-0.4, -0.2) is 29.9 Å². The molecule has 148 valence electrons. The fourth-order valence-corrected chi connectivity index (χ4v) is 4.48. The topological polar surface area (TPSA) is 84.2 Å². The van der Waals surface area contributed by atoms with Crippen molar-refractivity contribution in [2.75, 3.05) is 13.1 Å². The summed E-state index contributed by atoms with van der Waals surface area (Å²) in [5.74, 6) is 0.521. The van der Waals surface area contributed by atoms with Crippen molar-refractivity contribution in [3.05, 3.63) is 46.7 Å². The van der Waals surface area contributed by atoms with E-state index in [0.29, 0.717) is 30.2 Å². The Morgan fingerprint density at radius 3 is 2.68 bits per heavy atom. The number of thioether (sulfide) groups is 1. The molecule has 8 heteroatoms. The van der Waals surface area contributed by atoms with E-state index in [1.54, 1.807) is 23.1 Å². The number of hydrogen-bond acceptors (Lipinski definition) is 6. The van der Waals surface area contributed by atoms with E-state index in [1.165, 1.54) is 0 Å². The van der Waals surface area contributed by atoms with E-state index in [0.717, 1.165) is 21.0 Å². The fourth-order valence-electron chi connectivity index (χ4n) is 2.60. The number of hydrogen-bond donors (Lipinski definition) is 2. The van der Waals surface area contributed by atoms with Crippen LogP contribution >= 0.6 is 23.1 Å². The average Bonchev–Trinajstić information content (AvgIpc) is 3.26. The van der Waals surface area contributed by atoms with Crippen LogP contribution in [0.3, 0.4) is 0 Å². The van der Waals surface area contributed by atoms with Gasteiger partial charge in [-0.3, -0.25) is 9.59 Å². The third-order valence-corrected chi connectivity index (χ3v) is 6.24. The van der Waals surface area contributed by atoms with E-state index < -0.39 is 0 Å². The lowest BCUT2D eigenvalue weighted by Crippen LogP contribution is -2.36. The smallest absolute Gasteiger partial charge is 0.287 e. The third-order valence-electron chi connectivity index (χ3n) is 4.08. The molecule has 0 unspecified atom stereocenters. The molecular weight excluding hydrogens is 394 g/mol. The van der Waals surface area contributed by atoms with Gasteiger partial charge in [-0.25, -0.2) is 4.98 Å². The monoisotopic (exact) mass is 417 g/mol. The molecule has 3 aromatic rings. The third kappa shape index (κ3) is 4.94. The molecule has 2 heterocycles. The normalized spacial score (nSPS) is 11.1. The highest BCUT2D eigenvalue weighted by Gasteiger charge is 2.20. The minimum Gasteiger partial charge on any atom is -0.451 e. The predicted octanol–water partition coefficient (Wildman–Crippen LogP) is 3.99. The van der Waals surface area contributed by atoms with Crippen molar-refractivity contribution in [2.24, 2.45) is 5.92 Å². The van der Waals surface area contributed by atoms with Gasteiger partial charge in [0.1, 0.15) is 9.92 Å². The molecule has 2 aromatic heterocycles. The Labute approximate surface area is 172 Å². The van der Waals surface area contributed by atoms with Gasteiger partial charge in [-0.1, -0.05) is 43.8 Å². The molecule has 0 aliphatic carbocycles. The van der Waals surface area contributed by atoms with E-state index in [-0.39, 0.29) is 17.7 Å². The fraction of sp³-hybridized carbons (Fsp3) is 0.350. The Balaban J connectivity index is 1.70. The molecule has 1 aromatic carbocycles. The van der Waals surface area contributed by atoms with E-state index in [2.05, 4.69) is 15.6 Å². The number of nitrogens with one attached hydrogen (secondary N) is 2. The highest BCUT2D eigenvalue weighted by Crippen LogP contribution is 2.33. The second kappa shape index (κ2) is 9.25. The maximum Gasteiger partial charge on any atom is 0.287 e. The Morgan fingerprint density at radius 2 is 1.96 bits per heavy atom. The number of fused-ring (bicyclic) bond motifs is 1. The summed E-state index contributed by atoms with van der Waals surface area (Å²) in [6.45, 7) is 6.34. The van der Waals surface area contributed by atoms with Crippen LogP contribution in [0.1, 0.15) is 35.7 Å². The van der Waals surface area contributed by atoms with Gasteiger partial charge in [0, 0.05) is 46.8 Å². The molecule has 2 N–H and O–H groups in total. The Hall–Kier alpha value is -2.32. The molecule has 0 bridgehead atoms. The molecule has 28 heavy (non-hydrogen) atoms. The first-order valence-corrected chi connectivity index (χ1v) is 10.9. The molecule has 2 amide bonds. The Morgan fingerprint density at radius 1 is 1.21 bits per heavy atom. The molecule has 0 aliphatic heterocycles. The summed E-state index contributed by atoms with van der Waals surface area (Å²) < 4.78 is 6.80. The lowest BCUT2D eigenvalue weighted by Gasteiger charge is -2.08. The minimum atomic E-state index is -0.277. The number of nitrogens with zero attached hydrogens (tertiary/aromatic N) is 1. The quantitative estimate of drug-likeness (QED) is 0.428. The maximum absolute atomic E-state index is 12.7. The number of amides is 2. The molecular formula is C20H23N3O3S2. The molecule has 0 fully saturated rings. The number of benzene rings is 1. The average molecular weight is 418 g/mol. The largest absolute Gasteiger partial charge is 0.451 e. The molecule has 0 saturated carbocycles. The van der Waals surface area contributed by atoms with Crippen LogP contribution in [0.25, 0.3) is 11.0 Å². The zero-order valence-corrected chi connectivity index (χ0v) is 17.7. The highest BCUT2D eigenvalue weighted by molar-refractivity contribution is 8.00. The number of carbonyl (C=O) groups excluding carboxylic acids is 2. The van der Waals surface area contributed by atoms with Gasteiger partial charge >= 0.3 is 0 Å². The number of aryl methyl sites for hydroxylation is 1. The lowest BCUT2D eigenvalue weighted by atomic mass is 10.1. The molecule has 0 aliphatic rings. The van der Waals surface area contributed by atoms with Crippen LogP contribution < -0.4 is 10.6 Å². The first-order valence-electron chi connectivity index (χ1n) is 9.07. The maximum atomic E-state index is 12.7. The summed E-state index contributed by atoms with van der Waals surface area (Å²) in [6.07, 6.45) is 0. The lowest BCUT2D eigenvalue weighted by molar-refractivity contribution is -0.123. The molecule has 0 saturated heterocycles. The van der Waals surface area contributed by atoms with Crippen molar-refractivity contribution < 1.29 is 14.0 Å². The van der Waals surface area contributed by atoms with Gasteiger partial charge in [0.05, 0.1) is 0 Å². The summed E-state index contributed by atoms with van der Waals surface area (Å²) in [7, 11) is 0. The summed E-state index contributed by atoms with van der Waals surface area (Å²) in [6, 6.07) is 7.64. The second-order valence-corrected chi connectivity index (χ2v) is 8.73.